The van der Waals surface area contributed by atoms with E-state index in [0.29, 0.717) is 0 Å². The van der Waals surface area contributed by atoms with E-state index in [1.165, 1.54) is 58.7 Å². The Morgan fingerprint density at radius 3 is 2.23 bits per heavy atom. The van der Waals surface area contributed by atoms with Gasteiger partial charge in [0.1, 0.15) is 0 Å². The summed E-state index contributed by atoms with van der Waals surface area (Å²) in [6.07, 6.45) is 0. The van der Waals surface area contributed by atoms with Crippen LogP contribution in [0.15, 0.2) is 78.9 Å². The third-order valence-corrected chi connectivity index (χ3v) is 7.40. The lowest BCUT2D eigenvalue weighted by Gasteiger charge is -2.18. The first-order valence-electron chi connectivity index (χ1n) is 10.5. The van der Waals surface area contributed by atoms with Crippen LogP contribution < -0.4 is 0 Å². The molecule has 6 aromatic rings. The smallest absolute Gasteiger partial charge is 0.0465 e. The SMILES string of the molecule is CC(C)(C)c1ccc2[nH]c3ccc(-c4cccc5c4sc4ccccc45)cc3c2c1. The maximum atomic E-state index is 3.60. The number of rotatable bonds is 1. The van der Waals surface area contributed by atoms with Crippen molar-refractivity contribution in [2.24, 2.45) is 0 Å². The quantitative estimate of drug-likeness (QED) is 0.282. The molecule has 0 spiro atoms. The summed E-state index contributed by atoms with van der Waals surface area (Å²) in [5, 5.41) is 5.30. The number of thiophene rings is 1. The van der Waals surface area contributed by atoms with Crippen LogP contribution >= 0.6 is 11.3 Å². The maximum absolute atomic E-state index is 3.60. The third kappa shape index (κ3) is 2.60. The highest BCUT2D eigenvalue weighted by atomic mass is 32.1. The average molecular weight is 406 g/mol. The van der Waals surface area contributed by atoms with Gasteiger partial charge >= 0.3 is 0 Å². The van der Waals surface area contributed by atoms with Crippen LogP contribution in [0.1, 0.15) is 26.3 Å². The first kappa shape index (κ1) is 17.7. The fraction of sp³-hybridized carbons (Fsp3) is 0.143. The van der Waals surface area contributed by atoms with E-state index >= 15 is 0 Å². The van der Waals surface area contributed by atoms with Crippen LogP contribution in [-0.4, -0.2) is 4.98 Å². The normalized spacial score (nSPS) is 12.5. The Morgan fingerprint density at radius 2 is 1.40 bits per heavy atom. The Bertz CT molecular complexity index is 1570. The second-order valence-electron chi connectivity index (χ2n) is 9.18. The molecule has 2 aromatic heterocycles. The minimum Gasteiger partial charge on any atom is -0.355 e. The summed E-state index contributed by atoms with van der Waals surface area (Å²) in [4.78, 5) is 3.60. The lowest BCUT2D eigenvalue weighted by Crippen LogP contribution is -2.10. The number of H-pyrrole nitrogens is 1. The first-order chi connectivity index (χ1) is 14.5. The molecule has 0 amide bonds. The number of fused-ring (bicyclic) bond motifs is 6. The standard InChI is InChI=1S/C28H23NS/c1-28(2,3)18-12-14-25-23(16-18)22-15-17(11-13-24(22)29-25)19-8-6-9-21-20-7-4-5-10-26(20)30-27(19)21/h4-16,29H,1-3H3. The van der Waals surface area contributed by atoms with Crippen molar-refractivity contribution < 1.29 is 0 Å². The molecule has 30 heavy (non-hydrogen) atoms. The van der Waals surface area contributed by atoms with Gasteiger partial charge in [-0.1, -0.05) is 69.3 Å². The molecule has 0 aliphatic rings. The van der Waals surface area contributed by atoms with E-state index in [0.717, 1.165) is 0 Å². The monoisotopic (exact) mass is 405 g/mol. The van der Waals surface area contributed by atoms with E-state index in [4.69, 9.17) is 0 Å². The van der Waals surface area contributed by atoms with Crippen molar-refractivity contribution in [3.63, 3.8) is 0 Å². The predicted octanol–water partition coefficient (Wildman–Crippen LogP) is 8.65. The summed E-state index contributed by atoms with van der Waals surface area (Å²) >= 11 is 1.89. The van der Waals surface area contributed by atoms with E-state index in [9.17, 15) is 0 Å². The van der Waals surface area contributed by atoms with Crippen LogP contribution in [0.2, 0.25) is 0 Å². The second kappa shape index (κ2) is 6.20. The molecular weight excluding hydrogens is 382 g/mol. The van der Waals surface area contributed by atoms with Gasteiger partial charge in [-0.2, -0.15) is 0 Å². The maximum Gasteiger partial charge on any atom is 0.0465 e. The zero-order chi connectivity index (χ0) is 20.5. The molecule has 0 radical (unpaired) electrons. The number of benzene rings is 4. The molecule has 6 rings (SSSR count). The Kier molecular flexibility index (Phi) is 3.66. The van der Waals surface area contributed by atoms with Gasteiger partial charge in [-0.25, -0.2) is 0 Å². The first-order valence-corrected chi connectivity index (χ1v) is 11.3. The number of hydrogen-bond acceptors (Lipinski definition) is 1. The Morgan fingerprint density at radius 1 is 0.667 bits per heavy atom. The summed E-state index contributed by atoms with van der Waals surface area (Å²) in [7, 11) is 0. The number of aromatic amines is 1. The minimum absolute atomic E-state index is 0.137. The van der Waals surface area contributed by atoms with E-state index in [1.807, 2.05) is 11.3 Å². The summed E-state index contributed by atoms with van der Waals surface area (Å²) in [5.74, 6) is 0. The summed E-state index contributed by atoms with van der Waals surface area (Å²) in [5.41, 5.74) is 6.50. The van der Waals surface area contributed by atoms with Crippen molar-refractivity contribution in [3.05, 3.63) is 84.4 Å². The molecule has 0 fully saturated rings. The third-order valence-electron chi connectivity index (χ3n) is 6.18. The van der Waals surface area contributed by atoms with Gasteiger partial charge in [0.25, 0.3) is 0 Å². The van der Waals surface area contributed by atoms with Crippen LogP contribution in [-0.2, 0) is 5.41 Å². The fourth-order valence-corrected chi connectivity index (χ4v) is 5.74. The van der Waals surface area contributed by atoms with Crippen molar-refractivity contribution in [1.82, 2.24) is 4.98 Å². The average Bonchev–Trinajstić information content (AvgIpc) is 3.30. The van der Waals surface area contributed by atoms with Crippen molar-refractivity contribution in [1.29, 1.82) is 0 Å². The summed E-state index contributed by atoms with van der Waals surface area (Å²) < 4.78 is 2.72. The lowest BCUT2D eigenvalue weighted by molar-refractivity contribution is 0.591. The molecule has 0 aliphatic carbocycles. The van der Waals surface area contributed by atoms with Crippen molar-refractivity contribution in [3.8, 4) is 11.1 Å². The van der Waals surface area contributed by atoms with E-state index in [1.54, 1.807) is 0 Å². The molecular formula is C28H23NS. The van der Waals surface area contributed by atoms with Crippen LogP contribution in [0.3, 0.4) is 0 Å². The number of aromatic nitrogens is 1. The van der Waals surface area contributed by atoms with Crippen molar-refractivity contribution in [2.75, 3.05) is 0 Å². The fourth-order valence-electron chi connectivity index (χ4n) is 4.51. The molecule has 0 atom stereocenters. The largest absolute Gasteiger partial charge is 0.355 e. The van der Waals surface area contributed by atoms with Gasteiger partial charge in [0.05, 0.1) is 0 Å². The zero-order valence-electron chi connectivity index (χ0n) is 17.4. The molecule has 0 aliphatic heterocycles. The molecule has 0 saturated heterocycles. The van der Waals surface area contributed by atoms with E-state index in [2.05, 4.69) is 105 Å². The zero-order valence-corrected chi connectivity index (χ0v) is 18.2. The predicted molar refractivity (Wildman–Crippen MR) is 133 cm³/mol. The van der Waals surface area contributed by atoms with Gasteiger partial charge in [0, 0.05) is 42.0 Å². The van der Waals surface area contributed by atoms with Crippen LogP contribution in [0, 0.1) is 0 Å². The molecule has 1 N–H and O–H groups in total. The van der Waals surface area contributed by atoms with E-state index in [-0.39, 0.29) is 5.41 Å². The van der Waals surface area contributed by atoms with Gasteiger partial charge in [0.2, 0.25) is 0 Å². The molecule has 2 heteroatoms. The van der Waals surface area contributed by atoms with E-state index < -0.39 is 0 Å². The summed E-state index contributed by atoms with van der Waals surface area (Å²) in [6.45, 7) is 6.82. The van der Waals surface area contributed by atoms with Gasteiger partial charge in [0.15, 0.2) is 0 Å². The Hall–Kier alpha value is -3.10. The molecule has 1 nitrogen and oxygen atoms in total. The highest BCUT2D eigenvalue weighted by Gasteiger charge is 2.16. The molecule has 2 heterocycles. The lowest BCUT2D eigenvalue weighted by atomic mass is 9.86. The van der Waals surface area contributed by atoms with Gasteiger partial charge in [-0.3, -0.25) is 0 Å². The van der Waals surface area contributed by atoms with Crippen LogP contribution in [0.25, 0.3) is 53.1 Å². The Labute approximate surface area is 180 Å². The number of nitrogens with one attached hydrogen (secondary N) is 1. The van der Waals surface area contributed by atoms with Crippen LogP contribution in [0.5, 0.6) is 0 Å². The molecule has 0 bridgehead atoms. The topological polar surface area (TPSA) is 15.8 Å². The molecule has 4 aromatic carbocycles. The second-order valence-corrected chi connectivity index (χ2v) is 10.2. The number of hydrogen-bond donors (Lipinski definition) is 1. The van der Waals surface area contributed by atoms with Crippen LogP contribution in [0.4, 0.5) is 0 Å². The van der Waals surface area contributed by atoms with Gasteiger partial charge in [-0.15, -0.1) is 11.3 Å². The molecule has 0 unspecified atom stereocenters. The highest BCUT2D eigenvalue weighted by molar-refractivity contribution is 7.26. The van der Waals surface area contributed by atoms with Crippen molar-refractivity contribution in [2.45, 2.75) is 26.2 Å². The van der Waals surface area contributed by atoms with Gasteiger partial charge < -0.3 is 4.98 Å². The van der Waals surface area contributed by atoms with Crippen molar-refractivity contribution >= 4 is 53.3 Å². The summed E-state index contributed by atoms with van der Waals surface area (Å²) in [6, 6.07) is 29.1. The van der Waals surface area contributed by atoms with Gasteiger partial charge in [-0.05, 0) is 52.4 Å². The molecule has 0 saturated carbocycles. The minimum atomic E-state index is 0.137. The highest BCUT2D eigenvalue weighted by Crippen LogP contribution is 2.41. The molecule has 146 valence electrons. The Balaban J connectivity index is 1.62.